The molecule has 19 nitrogen and oxygen atoms in total. The summed E-state index contributed by atoms with van der Waals surface area (Å²) in [7, 11) is -3.70. The summed E-state index contributed by atoms with van der Waals surface area (Å²) in [6.07, 6.45) is -3.05. The lowest BCUT2D eigenvalue weighted by molar-refractivity contribution is -0.185. The lowest BCUT2D eigenvalue weighted by Gasteiger charge is -2.27. The third-order valence-electron chi connectivity index (χ3n) is 13.6. The predicted octanol–water partition coefficient (Wildman–Crippen LogP) is 5.83. The minimum Gasteiger partial charge on any atom is -0.449 e. The molecule has 1 aliphatic rings. The number of nitrogens with two attached hydrogens (primary N) is 2. The summed E-state index contributed by atoms with van der Waals surface area (Å²) < 4.78 is 50.4. The first-order valence-corrected chi connectivity index (χ1v) is 27.6. The minimum absolute atomic E-state index is 0.0620. The monoisotopic (exact) mass is 1120 g/mol. The number of halogens is 2. The first-order valence-electron chi connectivity index (χ1n) is 26.4. The minimum atomic E-state index is -4.18. The molecule has 11 N–H and O–H groups in total. The van der Waals surface area contributed by atoms with Crippen LogP contribution in [0.2, 0.25) is 0 Å². The van der Waals surface area contributed by atoms with Crippen LogP contribution in [0.5, 0.6) is 0 Å². The SMILES string of the molecule is CCc1ccc(C(=O)NCCCCC(NC(=O)C(Cc2ccc(C(F)(F)O[P+](=O)O)cc2)NC(=O)C(Cc2ccccc2)NC(=O)OCC2c3ccccc3-c3ccccc32)C(=O)NC(C)C(=O)NC(CCCCN)C(N)=O)cc1. The van der Waals surface area contributed by atoms with Gasteiger partial charge in [0.2, 0.25) is 29.5 Å². The maximum Gasteiger partial charge on any atom is 0.701 e. The average Bonchev–Trinajstić information content (AvgIpc) is 3.84. The van der Waals surface area contributed by atoms with Gasteiger partial charge < -0.3 is 48.1 Å². The number of hydrogen-bond acceptors (Lipinski definition) is 11. The number of aryl methyl sites for hydroxylation is 1. The first kappa shape index (κ1) is 61.2. The molecule has 6 unspecified atom stereocenters. The van der Waals surface area contributed by atoms with Crippen LogP contribution in [0.15, 0.2) is 127 Å². The first-order chi connectivity index (χ1) is 38.4. The van der Waals surface area contributed by atoms with Crippen molar-refractivity contribution in [3.05, 3.63) is 166 Å². The van der Waals surface area contributed by atoms with E-state index in [1.807, 2.05) is 67.6 Å². The second-order valence-electron chi connectivity index (χ2n) is 19.4. The van der Waals surface area contributed by atoms with Crippen molar-refractivity contribution in [2.24, 2.45) is 11.5 Å². The Hall–Kier alpha value is -7.97. The van der Waals surface area contributed by atoms with Crippen molar-refractivity contribution in [1.29, 1.82) is 0 Å². The van der Waals surface area contributed by atoms with E-state index >= 15 is 0 Å². The number of benzene rings is 5. The number of hydrogen-bond donors (Lipinski definition) is 9. The summed E-state index contributed by atoms with van der Waals surface area (Å²) in [4.78, 5) is 105. The van der Waals surface area contributed by atoms with Gasteiger partial charge in [-0.1, -0.05) is 110 Å². The molecular formula is C58H68F2N8O11P+. The number of primary amides is 1. The second kappa shape index (κ2) is 29.8. The van der Waals surface area contributed by atoms with E-state index in [1.165, 1.54) is 19.1 Å². The second-order valence-corrected chi connectivity index (χ2v) is 20.0. The number of unbranched alkanes of at least 4 members (excludes halogenated alkanes) is 2. The van der Waals surface area contributed by atoms with E-state index in [0.29, 0.717) is 36.9 Å². The fraction of sp³-hybridized carbons (Fsp3) is 0.362. The summed E-state index contributed by atoms with van der Waals surface area (Å²) in [6.45, 7) is 3.81. The Balaban J connectivity index is 1.24. The van der Waals surface area contributed by atoms with E-state index in [2.05, 4.69) is 36.4 Å². The zero-order chi connectivity index (χ0) is 57.8. The van der Waals surface area contributed by atoms with Gasteiger partial charge in [-0.05, 0) is 126 Å². The van der Waals surface area contributed by atoms with Gasteiger partial charge in [-0.2, -0.15) is 8.78 Å². The molecule has 6 rings (SSSR count). The number of nitrogens with one attached hydrogen (secondary N) is 6. The molecule has 5 aromatic carbocycles. The van der Waals surface area contributed by atoms with Crippen LogP contribution in [0, 0.1) is 0 Å². The van der Waals surface area contributed by atoms with Gasteiger partial charge in [-0.3, -0.25) is 28.8 Å². The third-order valence-corrected chi connectivity index (χ3v) is 14.0. The highest BCUT2D eigenvalue weighted by atomic mass is 31.1. The Labute approximate surface area is 463 Å². The van der Waals surface area contributed by atoms with Gasteiger partial charge in [0.15, 0.2) is 0 Å². The summed E-state index contributed by atoms with van der Waals surface area (Å²) in [5, 5.41) is 16.0. The normalized spacial score (nSPS) is 13.9. The Morgan fingerprint density at radius 3 is 1.73 bits per heavy atom. The van der Waals surface area contributed by atoms with Gasteiger partial charge in [0.05, 0.1) is 5.56 Å². The fourth-order valence-corrected chi connectivity index (χ4v) is 9.51. The zero-order valence-electron chi connectivity index (χ0n) is 44.5. The Morgan fingerprint density at radius 1 is 0.625 bits per heavy atom. The fourth-order valence-electron chi connectivity index (χ4n) is 9.21. The molecule has 424 valence electrons. The van der Waals surface area contributed by atoms with Crippen LogP contribution in [-0.2, 0) is 63.2 Å². The third kappa shape index (κ3) is 17.8. The van der Waals surface area contributed by atoms with Crippen LogP contribution in [0.1, 0.15) is 102 Å². The highest BCUT2D eigenvalue weighted by Crippen LogP contribution is 2.44. The molecule has 0 aromatic heterocycles. The van der Waals surface area contributed by atoms with Gasteiger partial charge >= 0.3 is 20.5 Å². The van der Waals surface area contributed by atoms with Crippen LogP contribution >= 0.6 is 8.25 Å². The lowest BCUT2D eigenvalue weighted by Crippen LogP contribution is -2.59. The molecule has 6 atom stereocenters. The number of carbonyl (C=O) groups excluding carboxylic acids is 7. The molecule has 22 heteroatoms. The quantitative estimate of drug-likeness (QED) is 0.0194. The van der Waals surface area contributed by atoms with Gasteiger partial charge in [-0.25, -0.2) is 4.79 Å². The van der Waals surface area contributed by atoms with Crippen LogP contribution in [0.4, 0.5) is 13.6 Å². The summed E-state index contributed by atoms with van der Waals surface area (Å²) in [5.41, 5.74) is 16.6. The molecule has 0 bridgehead atoms. The molecular weight excluding hydrogens is 1050 g/mol. The standard InChI is InChI=1S/C58H67F2N8O11P/c1-3-37-23-27-40(28-24-37)53(71)63-32-14-12-22-48(54(72)64-36(2)52(70)65-47(51(62)69)21-11-13-31-61)66-55(73)49(34-39-25-29-41(30-26-39)58(59,60)79-80(76)77)67-56(74)50(33-38-15-5-4-6-16-38)68-57(75)78-35-46-44-19-9-7-17-42(44)43-18-8-10-20-45(43)46/h4-10,15-20,23-30,36,46-50H,3,11-14,21-22,31-35,61H2,1-2H3,(H8-,62,63,64,65,66,67,68,69,70,71,72,73,74,75,76,77)/p+1. The summed E-state index contributed by atoms with van der Waals surface area (Å²) in [6, 6.07) is 28.8. The molecule has 0 fully saturated rings. The highest BCUT2D eigenvalue weighted by Gasteiger charge is 2.43. The summed E-state index contributed by atoms with van der Waals surface area (Å²) in [5.74, 6) is -4.82. The molecule has 0 saturated heterocycles. The number of rotatable bonds is 30. The van der Waals surface area contributed by atoms with Crippen molar-refractivity contribution in [3.63, 3.8) is 0 Å². The number of alkyl halides is 2. The van der Waals surface area contributed by atoms with Gasteiger partial charge in [0, 0.05) is 35.4 Å². The topological polar surface area (TPSA) is 299 Å². The number of alkyl carbamates (subject to hydrolysis) is 1. The molecule has 80 heavy (non-hydrogen) atoms. The molecule has 0 radical (unpaired) electrons. The Morgan fingerprint density at radius 2 is 1.14 bits per heavy atom. The maximum atomic E-state index is 14.7. The van der Waals surface area contributed by atoms with E-state index in [9.17, 15) is 46.9 Å². The van der Waals surface area contributed by atoms with Crippen molar-refractivity contribution in [2.45, 2.75) is 114 Å². The summed E-state index contributed by atoms with van der Waals surface area (Å²) >= 11 is 0. The van der Waals surface area contributed by atoms with E-state index < -0.39 is 92.2 Å². The molecule has 5 aromatic rings. The van der Waals surface area contributed by atoms with Gasteiger partial charge in [-0.15, -0.1) is 4.89 Å². The number of amides is 7. The molecule has 0 heterocycles. The highest BCUT2D eigenvalue weighted by molar-refractivity contribution is 7.32. The van der Waals surface area contributed by atoms with Crippen molar-refractivity contribution in [2.75, 3.05) is 19.7 Å². The van der Waals surface area contributed by atoms with Crippen molar-refractivity contribution in [1.82, 2.24) is 31.9 Å². The van der Waals surface area contributed by atoms with Gasteiger partial charge in [0.1, 0.15) is 36.8 Å². The Bertz CT molecular complexity index is 2910. The number of ether oxygens (including phenoxy) is 1. The molecule has 1 aliphatic carbocycles. The van der Waals surface area contributed by atoms with Crippen LogP contribution in [0.25, 0.3) is 11.1 Å². The molecule has 0 spiro atoms. The van der Waals surface area contributed by atoms with Crippen LogP contribution < -0.4 is 43.4 Å². The number of fused-ring (bicyclic) bond motifs is 3. The van der Waals surface area contributed by atoms with Crippen LogP contribution in [-0.4, -0.2) is 96.3 Å². The van der Waals surface area contributed by atoms with Gasteiger partial charge in [0.25, 0.3) is 5.91 Å². The number of carbonyl (C=O) groups is 7. The van der Waals surface area contributed by atoms with E-state index in [-0.39, 0.29) is 56.2 Å². The van der Waals surface area contributed by atoms with Crippen molar-refractivity contribution >= 4 is 49.8 Å². The Kier molecular flexibility index (Phi) is 22.9. The van der Waals surface area contributed by atoms with E-state index in [0.717, 1.165) is 46.4 Å². The van der Waals surface area contributed by atoms with Crippen molar-refractivity contribution < 1.29 is 61.1 Å². The molecule has 0 aliphatic heterocycles. The van der Waals surface area contributed by atoms with E-state index in [4.69, 9.17) is 21.1 Å². The zero-order valence-corrected chi connectivity index (χ0v) is 45.4. The molecule has 7 amide bonds. The van der Waals surface area contributed by atoms with E-state index in [1.54, 1.807) is 42.5 Å². The maximum absolute atomic E-state index is 14.7. The predicted molar refractivity (Wildman–Crippen MR) is 295 cm³/mol. The lowest BCUT2D eigenvalue weighted by atomic mass is 9.98. The average molecular weight is 1120 g/mol. The van der Waals surface area contributed by atoms with Crippen molar-refractivity contribution in [3.8, 4) is 11.1 Å². The smallest absolute Gasteiger partial charge is 0.449 e. The largest absolute Gasteiger partial charge is 0.701 e. The molecule has 0 saturated carbocycles. The van der Waals surface area contributed by atoms with Crippen LogP contribution in [0.3, 0.4) is 0 Å².